The van der Waals surface area contributed by atoms with Crippen molar-refractivity contribution in [2.75, 3.05) is 19.6 Å². The first-order valence-corrected chi connectivity index (χ1v) is 6.65. The van der Waals surface area contributed by atoms with E-state index >= 15 is 0 Å². The van der Waals surface area contributed by atoms with Crippen LogP contribution in [0.5, 0.6) is 0 Å². The van der Waals surface area contributed by atoms with E-state index in [0.717, 1.165) is 37.3 Å². The molecule has 0 aliphatic carbocycles. The van der Waals surface area contributed by atoms with E-state index in [-0.39, 0.29) is 5.91 Å². The van der Waals surface area contributed by atoms with Gasteiger partial charge in [-0.25, -0.2) is 0 Å². The van der Waals surface area contributed by atoms with E-state index in [0.29, 0.717) is 19.1 Å². The molecule has 104 valence electrons. The predicted octanol–water partition coefficient (Wildman–Crippen LogP) is -0.176. The number of nitrogens with zero attached hydrogens (tertiary/aromatic N) is 3. The molecule has 1 amide bonds. The Kier molecular flexibility index (Phi) is 4.81. The van der Waals surface area contributed by atoms with Gasteiger partial charge >= 0.3 is 0 Å². The van der Waals surface area contributed by atoms with E-state index in [4.69, 9.17) is 5.73 Å². The average Bonchev–Trinajstić information content (AvgIpc) is 2.41. The van der Waals surface area contributed by atoms with Crippen LogP contribution in [0.1, 0.15) is 24.2 Å². The summed E-state index contributed by atoms with van der Waals surface area (Å²) in [4.78, 5) is 22.3. The van der Waals surface area contributed by atoms with Gasteiger partial charge in [-0.1, -0.05) is 0 Å². The number of likely N-dealkylation sites (tertiary alicyclic amines) is 1. The second-order valence-corrected chi connectivity index (χ2v) is 5.04. The molecule has 0 bridgehead atoms. The van der Waals surface area contributed by atoms with Crippen molar-refractivity contribution in [1.82, 2.24) is 20.2 Å². The molecule has 1 aromatic heterocycles. The first-order chi connectivity index (χ1) is 9.13. The second kappa shape index (κ2) is 6.58. The Morgan fingerprint density at radius 2 is 2.16 bits per heavy atom. The SMILES string of the molecule is Cc1cnc(CNC(=O)CN2CCC(N)CC2)cn1. The van der Waals surface area contributed by atoms with Crippen molar-refractivity contribution in [3.63, 3.8) is 0 Å². The zero-order chi connectivity index (χ0) is 13.7. The molecule has 1 aliphatic rings. The summed E-state index contributed by atoms with van der Waals surface area (Å²) in [5.74, 6) is 0.0258. The van der Waals surface area contributed by atoms with Gasteiger partial charge in [0.25, 0.3) is 0 Å². The molecule has 1 fully saturated rings. The molecule has 0 radical (unpaired) electrons. The number of carbonyl (C=O) groups is 1. The number of hydrogen-bond donors (Lipinski definition) is 2. The third-order valence-corrected chi connectivity index (χ3v) is 3.30. The van der Waals surface area contributed by atoms with Crippen LogP contribution in [0, 0.1) is 6.92 Å². The number of rotatable bonds is 4. The fraction of sp³-hybridized carbons (Fsp3) is 0.615. The topological polar surface area (TPSA) is 84.1 Å². The Bertz CT molecular complexity index is 412. The number of piperidine rings is 1. The second-order valence-electron chi connectivity index (χ2n) is 5.04. The van der Waals surface area contributed by atoms with Crippen LogP contribution in [0.3, 0.4) is 0 Å². The molecule has 6 heteroatoms. The summed E-state index contributed by atoms with van der Waals surface area (Å²) in [5, 5.41) is 2.86. The number of carbonyl (C=O) groups excluding carboxylic acids is 1. The third-order valence-electron chi connectivity index (χ3n) is 3.30. The maximum absolute atomic E-state index is 11.8. The molecule has 0 unspecified atom stereocenters. The number of nitrogens with one attached hydrogen (secondary N) is 1. The van der Waals surface area contributed by atoms with Crippen LogP contribution < -0.4 is 11.1 Å². The van der Waals surface area contributed by atoms with Crippen LogP contribution in [-0.4, -0.2) is 46.5 Å². The Labute approximate surface area is 113 Å². The van der Waals surface area contributed by atoms with Crippen molar-refractivity contribution in [1.29, 1.82) is 0 Å². The largest absolute Gasteiger partial charge is 0.349 e. The highest BCUT2D eigenvalue weighted by Crippen LogP contribution is 2.07. The molecule has 2 heterocycles. The first-order valence-electron chi connectivity index (χ1n) is 6.65. The molecule has 2 rings (SSSR count). The predicted molar refractivity (Wildman–Crippen MR) is 72.3 cm³/mol. The number of amides is 1. The summed E-state index contributed by atoms with van der Waals surface area (Å²) in [6.07, 6.45) is 5.33. The molecule has 1 aromatic rings. The third kappa shape index (κ3) is 4.57. The van der Waals surface area contributed by atoms with Gasteiger partial charge in [0, 0.05) is 25.3 Å². The maximum atomic E-state index is 11.8. The van der Waals surface area contributed by atoms with Gasteiger partial charge in [0.05, 0.1) is 30.7 Å². The zero-order valence-electron chi connectivity index (χ0n) is 11.3. The Morgan fingerprint density at radius 3 is 2.79 bits per heavy atom. The molecule has 6 nitrogen and oxygen atoms in total. The summed E-state index contributed by atoms with van der Waals surface area (Å²) in [6.45, 7) is 4.56. The minimum Gasteiger partial charge on any atom is -0.349 e. The zero-order valence-corrected chi connectivity index (χ0v) is 11.3. The Balaban J connectivity index is 1.71. The number of aryl methyl sites for hydroxylation is 1. The standard InChI is InChI=1S/C13H21N5O/c1-10-6-16-12(7-15-10)8-17-13(19)9-18-4-2-11(14)3-5-18/h6-7,11H,2-5,8-9,14H2,1H3,(H,17,19). The molecule has 0 atom stereocenters. The Hall–Kier alpha value is -1.53. The van der Waals surface area contributed by atoms with Gasteiger partial charge in [-0.2, -0.15) is 0 Å². The number of nitrogens with two attached hydrogens (primary N) is 1. The van der Waals surface area contributed by atoms with Crippen LogP contribution in [0.4, 0.5) is 0 Å². The van der Waals surface area contributed by atoms with Gasteiger partial charge < -0.3 is 11.1 Å². The van der Waals surface area contributed by atoms with Gasteiger partial charge in [-0.15, -0.1) is 0 Å². The fourth-order valence-corrected chi connectivity index (χ4v) is 2.07. The first kappa shape index (κ1) is 13.9. The highest BCUT2D eigenvalue weighted by molar-refractivity contribution is 5.77. The molecule has 0 saturated carbocycles. The molecule has 19 heavy (non-hydrogen) atoms. The van der Waals surface area contributed by atoms with Crippen molar-refractivity contribution in [3.05, 3.63) is 23.8 Å². The minimum absolute atomic E-state index is 0.0258. The summed E-state index contributed by atoms with van der Waals surface area (Å²) in [5.41, 5.74) is 7.48. The molecular weight excluding hydrogens is 242 g/mol. The van der Waals surface area contributed by atoms with Crippen molar-refractivity contribution >= 4 is 5.91 Å². The summed E-state index contributed by atoms with van der Waals surface area (Å²) in [6, 6.07) is 0.294. The molecule has 0 spiro atoms. The molecule has 1 aliphatic heterocycles. The summed E-state index contributed by atoms with van der Waals surface area (Å²) >= 11 is 0. The van der Waals surface area contributed by atoms with E-state index < -0.39 is 0 Å². The van der Waals surface area contributed by atoms with Crippen molar-refractivity contribution in [3.8, 4) is 0 Å². The van der Waals surface area contributed by atoms with E-state index in [1.54, 1.807) is 12.4 Å². The fourth-order valence-electron chi connectivity index (χ4n) is 2.07. The van der Waals surface area contributed by atoms with Crippen LogP contribution in [-0.2, 0) is 11.3 Å². The lowest BCUT2D eigenvalue weighted by atomic mass is 10.1. The van der Waals surface area contributed by atoms with E-state index in [1.165, 1.54) is 0 Å². The lowest BCUT2D eigenvalue weighted by Crippen LogP contribution is -2.44. The molecule has 3 N–H and O–H groups in total. The van der Waals surface area contributed by atoms with Gasteiger partial charge in [0.15, 0.2) is 0 Å². The van der Waals surface area contributed by atoms with Crippen LogP contribution in [0.15, 0.2) is 12.4 Å². The number of hydrogen-bond acceptors (Lipinski definition) is 5. The van der Waals surface area contributed by atoms with Gasteiger partial charge in [-0.3, -0.25) is 19.7 Å². The van der Waals surface area contributed by atoms with Gasteiger partial charge in [0.1, 0.15) is 0 Å². The average molecular weight is 263 g/mol. The molecule has 0 aromatic carbocycles. The van der Waals surface area contributed by atoms with E-state index in [2.05, 4.69) is 20.2 Å². The summed E-state index contributed by atoms with van der Waals surface area (Å²) < 4.78 is 0. The Morgan fingerprint density at radius 1 is 1.42 bits per heavy atom. The van der Waals surface area contributed by atoms with E-state index in [1.807, 2.05) is 6.92 Å². The minimum atomic E-state index is 0.0258. The van der Waals surface area contributed by atoms with E-state index in [9.17, 15) is 4.79 Å². The highest BCUT2D eigenvalue weighted by Gasteiger charge is 2.17. The maximum Gasteiger partial charge on any atom is 0.234 e. The monoisotopic (exact) mass is 263 g/mol. The quantitative estimate of drug-likeness (QED) is 0.787. The van der Waals surface area contributed by atoms with Crippen molar-refractivity contribution in [2.24, 2.45) is 5.73 Å². The van der Waals surface area contributed by atoms with Crippen LogP contribution >= 0.6 is 0 Å². The van der Waals surface area contributed by atoms with Crippen LogP contribution in [0.2, 0.25) is 0 Å². The normalized spacial score (nSPS) is 17.4. The highest BCUT2D eigenvalue weighted by atomic mass is 16.2. The molecule has 1 saturated heterocycles. The number of aromatic nitrogens is 2. The summed E-state index contributed by atoms with van der Waals surface area (Å²) in [7, 11) is 0. The van der Waals surface area contributed by atoms with Gasteiger partial charge in [0.2, 0.25) is 5.91 Å². The van der Waals surface area contributed by atoms with Crippen molar-refractivity contribution in [2.45, 2.75) is 32.4 Å². The van der Waals surface area contributed by atoms with Gasteiger partial charge in [-0.05, 0) is 19.8 Å². The van der Waals surface area contributed by atoms with Crippen LogP contribution in [0.25, 0.3) is 0 Å². The molecular formula is C13H21N5O. The lowest BCUT2D eigenvalue weighted by Gasteiger charge is -2.29. The lowest BCUT2D eigenvalue weighted by molar-refractivity contribution is -0.122. The van der Waals surface area contributed by atoms with Crippen molar-refractivity contribution < 1.29 is 4.79 Å². The smallest absolute Gasteiger partial charge is 0.234 e.